The van der Waals surface area contributed by atoms with E-state index in [0.29, 0.717) is 37.5 Å². The summed E-state index contributed by atoms with van der Waals surface area (Å²) in [6, 6.07) is -2.02. The number of ether oxygens (including phenoxy) is 3. The van der Waals surface area contributed by atoms with E-state index in [1.807, 2.05) is 33.8 Å². The number of nitrogens with one attached hydrogen (secondary N) is 3. The van der Waals surface area contributed by atoms with E-state index in [9.17, 15) is 48.9 Å². The van der Waals surface area contributed by atoms with Gasteiger partial charge in [0.15, 0.2) is 5.75 Å². The lowest BCUT2D eigenvalue weighted by Gasteiger charge is -2.38. The summed E-state index contributed by atoms with van der Waals surface area (Å²) in [6.07, 6.45) is 7.91. The largest absolute Gasteiger partial charge is 0.507 e. The molecule has 3 amide bonds. The minimum absolute atomic E-state index is 0.0436. The molecule has 5 bridgehead atoms. The molecule has 2 aromatic carbocycles. The normalized spacial score (nSPS) is 28.5. The number of esters is 1. The van der Waals surface area contributed by atoms with Gasteiger partial charge in [-0.1, -0.05) is 73.6 Å². The van der Waals surface area contributed by atoms with Crippen LogP contribution in [0.1, 0.15) is 124 Å². The summed E-state index contributed by atoms with van der Waals surface area (Å²) in [5, 5.41) is 44.5. The van der Waals surface area contributed by atoms with Gasteiger partial charge in [-0.25, -0.2) is 9.79 Å². The number of carbonyl (C=O) groups excluding carboxylic acids is 7. The number of urea groups is 1. The number of allylic oxidation sites excluding steroid dienone is 3. The molecule has 7 rings (SSSR count). The standard InChI is InChI=1S/C56H76N6O13/c1-29(2)26-62-23-20-56(21-24-62)60-44-41-42-48(68)37(10)51-43(41)52(70)55(11,75-51)73-25-19-30(3)33(6)34(7)35(8)47(67)36(9)50(31(4)14-12-15-32(5)53(71)59-46(49(42)69)45(44)61-56)74-40(66)18-17-39(65)16-13-22-57-54(72)58-38(27-63)28-64/h12,14-15,19,25,27-31,33-36,38,47,50,60,67-69H,13,16-18,20-24,26H2,1-11H3,(H2,57,58,72)/b14-12+,25-19+,32-15-,59-46?/t30-,31-,33+,34+,35-,36-,47-,50-,55-/m0/s1. The molecule has 1 fully saturated rings. The first-order valence-corrected chi connectivity index (χ1v) is 26.2. The van der Waals surface area contributed by atoms with E-state index in [1.54, 1.807) is 32.9 Å². The highest BCUT2D eigenvalue weighted by Gasteiger charge is 2.50. The fourth-order valence-corrected chi connectivity index (χ4v) is 10.6. The summed E-state index contributed by atoms with van der Waals surface area (Å²) in [5.74, 6) is -6.20. The Balaban J connectivity index is 1.36. The zero-order chi connectivity index (χ0) is 55.3. The number of ketones is 2. The number of piperidine rings is 1. The Morgan fingerprint density at radius 2 is 1.59 bits per heavy atom. The van der Waals surface area contributed by atoms with E-state index < -0.39 is 71.0 Å². The van der Waals surface area contributed by atoms with Crippen molar-refractivity contribution in [1.29, 1.82) is 0 Å². The van der Waals surface area contributed by atoms with E-state index in [4.69, 9.17) is 19.2 Å². The van der Waals surface area contributed by atoms with Gasteiger partial charge in [0, 0.05) is 87.1 Å². The molecule has 0 unspecified atom stereocenters. The van der Waals surface area contributed by atoms with Crippen molar-refractivity contribution < 1.29 is 63.1 Å². The van der Waals surface area contributed by atoms with Gasteiger partial charge in [-0.15, -0.1) is 0 Å². The smallest absolute Gasteiger partial charge is 0.315 e. The van der Waals surface area contributed by atoms with Crippen molar-refractivity contribution in [2.24, 2.45) is 51.4 Å². The number of phenolic OH excluding ortho intramolecular Hbond substituents is 2. The first-order valence-electron chi connectivity index (χ1n) is 26.2. The molecule has 408 valence electrons. The maximum absolute atomic E-state index is 14.8. The second-order valence-electron chi connectivity index (χ2n) is 21.7. The van der Waals surface area contributed by atoms with Gasteiger partial charge in [0.1, 0.15) is 58.4 Å². The molecular formula is C56H76N6O13. The van der Waals surface area contributed by atoms with Crippen LogP contribution in [0.5, 0.6) is 17.2 Å². The lowest BCUT2D eigenvalue weighted by Crippen LogP contribution is -2.47. The fraction of sp³-hybridized carbons (Fsp3) is 0.589. The molecule has 1 saturated heterocycles. The summed E-state index contributed by atoms with van der Waals surface area (Å²) in [5.41, 5.74) is -0.122. The van der Waals surface area contributed by atoms with Crippen LogP contribution in [-0.2, 0) is 33.4 Å². The third-order valence-electron chi connectivity index (χ3n) is 15.7. The molecule has 19 nitrogen and oxygen atoms in total. The van der Waals surface area contributed by atoms with Crippen molar-refractivity contribution in [2.75, 3.05) is 31.5 Å². The average molecular weight is 1040 g/mol. The molecule has 5 heterocycles. The number of nitrogens with zero attached hydrogens (tertiary/aromatic N) is 3. The van der Waals surface area contributed by atoms with E-state index in [1.165, 1.54) is 19.3 Å². The van der Waals surface area contributed by atoms with Crippen molar-refractivity contribution in [2.45, 2.75) is 144 Å². The van der Waals surface area contributed by atoms with E-state index in [0.717, 1.165) is 6.54 Å². The van der Waals surface area contributed by atoms with Crippen molar-refractivity contribution in [3.63, 3.8) is 0 Å². The average Bonchev–Trinajstić information content (AvgIpc) is 3.88. The fourth-order valence-electron chi connectivity index (χ4n) is 10.6. The van der Waals surface area contributed by atoms with Crippen LogP contribution in [0.15, 0.2) is 46.1 Å². The molecule has 5 aliphatic rings. The minimum atomic E-state index is -1.88. The molecule has 1 spiro atoms. The number of anilines is 1. The number of likely N-dealkylation sites (tertiary alicyclic amines) is 1. The SMILES string of the molecule is C/C1=C/C=C/[C@H](C)[C@H](OC(=O)CCC(=O)CCCNC(=O)NC(C=O)C=O)[C@@H](C)[C@@H](O)[C@@H](C)[C@H](C)[C@H](C)[C@@H](C)/C=C/O[C@@]2(C)Oc3c(C)c(O)c4c(O)c(c5c(c4c3C2=O)NC2(CCN(CC(C)C)CC2)N=5)=NC1=O. The van der Waals surface area contributed by atoms with E-state index >= 15 is 0 Å². The van der Waals surface area contributed by atoms with Crippen molar-refractivity contribution in [3.05, 3.63) is 58.0 Å². The second kappa shape index (κ2) is 24.0. The number of carbonyl (C=O) groups is 7. The molecule has 0 radical (unpaired) electrons. The third kappa shape index (κ3) is 12.6. The zero-order valence-electron chi connectivity index (χ0n) is 45.2. The Hall–Kier alpha value is -6.47. The van der Waals surface area contributed by atoms with Gasteiger partial charge >= 0.3 is 17.8 Å². The maximum Gasteiger partial charge on any atom is 0.315 e. The zero-order valence-corrected chi connectivity index (χ0v) is 45.2. The molecule has 0 saturated carbocycles. The molecule has 75 heavy (non-hydrogen) atoms. The van der Waals surface area contributed by atoms with Crippen LogP contribution in [0.2, 0.25) is 0 Å². The quantitative estimate of drug-likeness (QED) is 0.0454. The van der Waals surface area contributed by atoms with E-state index in [2.05, 4.69) is 46.6 Å². The second-order valence-corrected chi connectivity index (χ2v) is 21.7. The number of amides is 3. The first kappa shape index (κ1) is 57.8. The molecule has 2 aromatic rings. The van der Waals surface area contributed by atoms with Crippen LogP contribution in [0.4, 0.5) is 10.5 Å². The molecule has 19 heteroatoms. The predicted octanol–water partition coefficient (Wildman–Crippen LogP) is 5.82. The van der Waals surface area contributed by atoms with Gasteiger partial charge < -0.3 is 60.0 Å². The number of aromatic hydroxyl groups is 2. The molecule has 9 atom stereocenters. The van der Waals surface area contributed by atoms with Gasteiger partial charge in [-0.2, -0.15) is 0 Å². The Bertz CT molecular complexity index is 2770. The monoisotopic (exact) mass is 1040 g/mol. The van der Waals surface area contributed by atoms with Crippen LogP contribution in [0.25, 0.3) is 10.8 Å². The summed E-state index contributed by atoms with van der Waals surface area (Å²) in [6.45, 7) is 23.0. The summed E-state index contributed by atoms with van der Waals surface area (Å²) in [4.78, 5) is 101. The van der Waals surface area contributed by atoms with Crippen molar-refractivity contribution in [1.82, 2.24) is 15.5 Å². The lowest BCUT2D eigenvalue weighted by molar-refractivity contribution is -0.158. The highest BCUT2D eigenvalue weighted by atomic mass is 16.7. The molecule has 0 aromatic heterocycles. The van der Waals surface area contributed by atoms with Gasteiger partial charge in [0.05, 0.1) is 35.4 Å². The first-order chi connectivity index (χ1) is 35.4. The summed E-state index contributed by atoms with van der Waals surface area (Å²) >= 11 is 0. The van der Waals surface area contributed by atoms with Gasteiger partial charge in [-0.05, 0) is 55.9 Å². The van der Waals surface area contributed by atoms with E-state index in [-0.39, 0.29) is 124 Å². The minimum Gasteiger partial charge on any atom is -0.507 e. The number of phenols is 2. The highest BCUT2D eigenvalue weighted by molar-refractivity contribution is 6.21. The molecule has 5 aliphatic heterocycles. The Kier molecular flexibility index (Phi) is 18.5. The number of fused-ring (bicyclic) bond motifs is 13. The molecular weight excluding hydrogens is 965 g/mol. The summed E-state index contributed by atoms with van der Waals surface area (Å²) < 4.78 is 18.7. The number of rotatable bonds is 13. The van der Waals surface area contributed by atoms with Crippen LogP contribution in [-0.4, -0.2) is 118 Å². The van der Waals surface area contributed by atoms with Crippen LogP contribution < -0.4 is 31.4 Å². The highest BCUT2D eigenvalue weighted by Crippen LogP contribution is 2.51. The molecule has 6 N–H and O–H groups in total. The summed E-state index contributed by atoms with van der Waals surface area (Å²) in [7, 11) is 0. The number of Topliss-reactive ketones (excluding diaryl/α,β-unsaturated/α-hetero) is 2. The molecule has 0 aliphatic carbocycles. The third-order valence-corrected chi connectivity index (χ3v) is 15.7. The van der Waals surface area contributed by atoms with Crippen molar-refractivity contribution >= 4 is 58.5 Å². The Labute approximate surface area is 438 Å². The van der Waals surface area contributed by atoms with Gasteiger partial charge in [0.2, 0.25) is 0 Å². The van der Waals surface area contributed by atoms with Crippen LogP contribution in [0, 0.1) is 48.3 Å². The van der Waals surface area contributed by atoms with Gasteiger partial charge in [0.25, 0.3) is 11.7 Å². The Morgan fingerprint density at radius 1 is 0.907 bits per heavy atom. The van der Waals surface area contributed by atoms with Crippen LogP contribution >= 0.6 is 0 Å². The van der Waals surface area contributed by atoms with Crippen LogP contribution in [0.3, 0.4) is 0 Å². The number of hydrogen-bond acceptors (Lipinski definition) is 16. The van der Waals surface area contributed by atoms with Gasteiger partial charge in [-0.3, -0.25) is 24.2 Å². The van der Waals surface area contributed by atoms with Crippen molar-refractivity contribution in [3.8, 4) is 17.2 Å². The topological polar surface area (TPSA) is 272 Å². The number of benzene rings is 2. The number of hydrogen-bond donors (Lipinski definition) is 6. The number of aliphatic hydroxyl groups is 1. The Morgan fingerprint density at radius 3 is 2.24 bits per heavy atom. The number of aliphatic hydroxyl groups excluding tert-OH is 1. The predicted molar refractivity (Wildman–Crippen MR) is 279 cm³/mol. The number of aldehydes is 2. The lowest BCUT2D eigenvalue weighted by atomic mass is 9.72. The maximum atomic E-state index is 14.8.